The summed E-state index contributed by atoms with van der Waals surface area (Å²) >= 11 is 0. The predicted molar refractivity (Wildman–Crippen MR) is 88.0 cm³/mol. The molecule has 2 aliphatic rings. The number of anilines is 2. The summed E-state index contributed by atoms with van der Waals surface area (Å²) < 4.78 is 0. The van der Waals surface area contributed by atoms with Gasteiger partial charge in [0.15, 0.2) is 0 Å². The van der Waals surface area contributed by atoms with Crippen molar-refractivity contribution < 1.29 is 0 Å². The number of aromatic nitrogens is 2. The first kappa shape index (κ1) is 14.6. The molecule has 1 heterocycles. The normalized spacial score (nSPS) is 18.1. The third-order valence-corrected chi connectivity index (χ3v) is 4.39. The minimum Gasteiger partial charge on any atom is -0.370 e. The fourth-order valence-corrected chi connectivity index (χ4v) is 2.90. The molecule has 0 radical (unpaired) electrons. The quantitative estimate of drug-likeness (QED) is 0.790. The van der Waals surface area contributed by atoms with Gasteiger partial charge in [0.05, 0.1) is 0 Å². The molecule has 4 heteroatoms. The van der Waals surface area contributed by atoms with E-state index in [1.807, 2.05) is 0 Å². The molecule has 0 amide bonds. The zero-order valence-electron chi connectivity index (χ0n) is 13.6. The summed E-state index contributed by atoms with van der Waals surface area (Å²) in [6.07, 6.45) is 8.29. The molecule has 1 aromatic rings. The number of hydrogen-bond donors (Lipinski definition) is 1. The van der Waals surface area contributed by atoms with Gasteiger partial charge in [-0.25, -0.2) is 9.97 Å². The molecule has 1 aromatic heterocycles. The van der Waals surface area contributed by atoms with Gasteiger partial charge in [-0.1, -0.05) is 20.8 Å². The Hall–Kier alpha value is -1.32. The molecular formula is C17H28N4. The smallest absolute Gasteiger partial charge is 0.137 e. The Kier molecular flexibility index (Phi) is 4.32. The van der Waals surface area contributed by atoms with Crippen molar-refractivity contribution in [3.05, 3.63) is 11.9 Å². The summed E-state index contributed by atoms with van der Waals surface area (Å²) in [7, 11) is 0. The third kappa shape index (κ3) is 3.47. The molecule has 2 fully saturated rings. The first-order valence-corrected chi connectivity index (χ1v) is 8.56. The SMILES string of the molecule is CCCNc1ncnc(N(CC2CC2)C2CC2)c1C(C)C. The Morgan fingerprint density at radius 1 is 1.24 bits per heavy atom. The second kappa shape index (κ2) is 6.20. The van der Waals surface area contributed by atoms with Gasteiger partial charge in [0, 0.05) is 24.7 Å². The first-order valence-electron chi connectivity index (χ1n) is 8.56. The van der Waals surface area contributed by atoms with Crippen LogP contribution in [-0.4, -0.2) is 29.1 Å². The standard InChI is InChI=1S/C17H28N4/c1-4-9-18-16-15(12(2)3)17(20-11-19-16)21(14-7-8-14)10-13-5-6-13/h11-14H,4-10H2,1-3H3,(H,18,19,20). The van der Waals surface area contributed by atoms with Crippen LogP contribution in [0.1, 0.15) is 64.4 Å². The van der Waals surface area contributed by atoms with Crippen LogP contribution in [-0.2, 0) is 0 Å². The first-order chi connectivity index (χ1) is 10.2. The monoisotopic (exact) mass is 288 g/mol. The lowest BCUT2D eigenvalue weighted by Crippen LogP contribution is -2.30. The van der Waals surface area contributed by atoms with E-state index in [1.165, 1.54) is 43.6 Å². The van der Waals surface area contributed by atoms with E-state index in [1.54, 1.807) is 6.33 Å². The van der Waals surface area contributed by atoms with E-state index in [0.717, 1.165) is 30.7 Å². The van der Waals surface area contributed by atoms with Crippen LogP contribution in [0.3, 0.4) is 0 Å². The molecular weight excluding hydrogens is 260 g/mol. The molecule has 0 aromatic carbocycles. The summed E-state index contributed by atoms with van der Waals surface area (Å²) in [5, 5.41) is 3.49. The third-order valence-electron chi connectivity index (χ3n) is 4.39. The molecule has 0 atom stereocenters. The van der Waals surface area contributed by atoms with Crippen LogP contribution < -0.4 is 10.2 Å². The summed E-state index contributed by atoms with van der Waals surface area (Å²) in [5.41, 5.74) is 1.30. The van der Waals surface area contributed by atoms with Gasteiger partial charge in [0.25, 0.3) is 0 Å². The van der Waals surface area contributed by atoms with E-state index in [9.17, 15) is 0 Å². The maximum absolute atomic E-state index is 4.69. The van der Waals surface area contributed by atoms with Gasteiger partial charge < -0.3 is 10.2 Å². The Morgan fingerprint density at radius 2 is 2.00 bits per heavy atom. The van der Waals surface area contributed by atoms with Crippen molar-refractivity contribution in [1.82, 2.24) is 9.97 Å². The van der Waals surface area contributed by atoms with Gasteiger partial charge in [0.2, 0.25) is 0 Å². The second-order valence-corrected chi connectivity index (χ2v) is 6.87. The summed E-state index contributed by atoms with van der Waals surface area (Å²) in [4.78, 5) is 11.8. The van der Waals surface area contributed by atoms with E-state index in [4.69, 9.17) is 0 Å². The fourth-order valence-electron chi connectivity index (χ4n) is 2.90. The van der Waals surface area contributed by atoms with Crippen LogP contribution >= 0.6 is 0 Å². The summed E-state index contributed by atoms with van der Waals surface area (Å²) in [6, 6.07) is 0.719. The number of hydrogen-bond acceptors (Lipinski definition) is 4. The van der Waals surface area contributed by atoms with Crippen molar-refractivity contribution in [3.63, 3.8) is 0 Å². The molecule has 116 valence electrons. The minimum absolute atomic E-state index is 0.445. The van der Waals surface area contributed by atoms with Gasteiger partial charge in [-0.2, -0.15) is 0 Å². The number of nitrogens with one attached hydrogen (secondary N) is 1. The Balaban J connectivity index is 1.90. The Bertz CT molecular complexity index is 478. The fraction of sp³-hybridized carbons (Fsp3) is 0.765. The van der Waals surface area contributed by atoms with E-state index < -0.39 is 0 Å². The van der Waals surface area contributed by atoms with Gasteiger partial charge in [-0.05, 0) is 43.9 Å². The van der Waals surface area contributed by atoms with Crippen LogP contribution in [0.4, 0.5) is 11.6 Å². The number of nitrogens with zero attached hydrogens (tertiary/aromatic N) is 3. The molecule has 2 saturated carbocycles. The maximum atomic E-state index is 4.69. The highest BCUT2D eigenvalue weighted by molar-refractivity contribution is 5.61. The lowest BCUT2D eigenvalue weighted by atomic mass is 10.0. The van der Waals surface area contributed by atoms with Gasteiger partial charge in [-0.15, -0.1) is 0 Å². The molecule has 3 rings (SSSR count). The highest BCUT2D eigenvalue weighted by Crippen LogP contribution is 2.40. The Morgan fingerprint density at radius 3 is 2.57 bits per heavy atom. The second-order valence-electron chi connectivity index (χ2n) is 6.87. The molecule has 0 saturated heterocycles. The van der Waals surface area contributed by atoms with Gasteiger partial charge in [0.1, 0.15) is 18.0 Å². The molecule has 0 bridgehead atoms. The average molecular weight is 288 g/mol. The largest absolute Gasteiger partial charge is 0.370 e. The highest BCUT2D eigenvalue weighted by Gasteiger charge is 2.36. The molecule has 4 nitrogen and oxygen atoms in total. The minimum atomic E-state index is 0.445. The molecule has 0 unspecified atom stereocenters. The van der Waals surface area contributed by atoms with Crippen molar-refractivity contribution in [2.45, 2.75) is 64.8 Å². The van der Waals surface area contributed by atoms with Crippen LogP contribution in [0, 0.1) is 5.92 Å². The van der Waals surface area contributed by atoms with Crippen molar-refractivity contribution in [1.29, 1.82) is 0 Å². The Labute approximate surface area is 128 Å². The topological polar surface area (TPSA) is 41.1 Å². The zero-order chi connectivity index (χ0) is 14.8. The van der Waals surface area contributed by atoms with E-state index in [2.05, 4.69) is 41.0 Å². The summed E-state index contributed by atoms with van der Waals surface area (Å²) in [5.74, 6) is 3.57. The van der Waals surface area contributed by atoms with E-state index in [0.29, 0.717) is 5.92 Å². The van der Waals surface area contributed by atoms with Crippen molar-refractivity contribution in [2.24, 2.45) is 5.92 Å². The summed E-state index contributed by atoms with van der Waals surface area (Å²) in [6.45, 7) is 8.85. The van der Waals surface area contributed by atoms with E-state index in [-0.39, 0.29) is 0 Å². The highest BCUT2D eigenvalue weighted by atomic mass is 15.3. The van der Waals surface area contributed by atoms with Crippen LogP contribution in [0.5, 0.6) is 0 Å². The molecule has 0 aliphatic heterocycles. The molecule has 1 N–H and O–H groups in total. The van der Waals surface area contributed by atoms with Gasteiger partial charge in [-0.3, -0.25) is 0 Å². The molecule has 21 heavy (non-hydrogen) atoms. The van der Waals surface area contributed by atoms with Gasteiger partial charge >= 0.3 is 0 Å². The average Bonchev–Trinajstić information content (AvgIpc) is 3.35. The lowest BCUT2D eigenvalue weighted by molar-refractivity contribution is 0.695. The zero-order valence-corrected chi connectivity index (χ0v) is 13.6. The predicted octanol–water partition coefficient (Wildman–Crippen LogP) is 3.80. The number of rotatable bonds is 8. The van der Waals surface area contributed by atoms with E-state index >= 15 is 0 Å². The van der Waals surface area contributed by atoms with Crippen molar-refractivity contribution in [2.75, 3.05) is 23.3 Å². The van der Waals surface area contributed by atoms with Crippen LogP contribution in [0.2, 0.25) is 0 Å². The van der Waals surface area contributed by atoms with Crippen molar-refractivity contribution >= 4 is 11.6 Å². The maximum Gasteiger partial charge on any atom is 0.137 e. The molecule has 0 spiro atoms. The molecule has 2 aliphatic carbocycles. The van der Waals surface area contributed by atoms with Crippen LogP contribution in [0.25, 0.3) is 0 Å². The van der Waals surface area contributed by atoms with Crippen molar-refractivity contribution in [3.8, 4) is 0 Å². The van der Waals surface area contributed by atoms with Crippen LogP contribution in [0.15, 0.2) is 6.33 Å². The lowest BCUT2D eigenvalue weighted by Gasteiger charge is -2.28.